The zero-order valence-corrected chi connectivity index (χ0v) is 12.2. The van der Waals surface area contributed by atoms with Crippen molar-refractivity contribution in [2.75, 3.05) is 45.9 Å². The molecule has 0 spiro atoms. The summed E-state index contributed by atoms with van der Waals surface area (Å²) in [7, 11) is 0. The number of morpholine rings is 1. The minimum Gasteiger partial charge on any atom is -0.375 e. The highest BCUT2D eigenvalue weighted by molar-refractivity contribution is 5.76. The van der Waals surface area contributed by atoms with Crippen LogP contribution in [0.5, 0.6) is 0 Å². The summed E-state index contributed by atoms with van der Waals surface area (Å²) in [6.45, 7) is 10.6. The van der Waals surface area contributed by atoms with Crippen LogP contribution in [0.3, 0.4) is 0 Å². The van der Waals surface area contributed by atoms with Crippen LogP contribution in [0, 0.1) is 0 Å². The van der Waals surface area contributed by atoms with Crippen LogP contribution < -0.4 is 5.32 Å². The maximum Gasteiger partial charge on any atom is 0.225 e. The van der Waals surface area contributed by atoms with Gasteiger partial charge < -0.3 is 15.0 Å². The maximum absolute atomic E-state index is 12.2. The van der Waals surface area contributed by atoms with Crippen LogP contribution in [-0.2, 0) is 9.53 Å². The van der Waals surface area contributed by atoms with E-state index in [9.17, 15) is 4.79 Å². The lowest BCUT2D eigenvalue weighted by molar-refractivity contribution is -0.136. The van der Waals surface area contributed by atoms with Crippen molar-refractivity contribution >= 4 is 5.91 Å². The molecule has 2 fully saturated rings. The molecule has 5 heteroatoms. The molecule has 0 aliphatic carbocycles. The van der Waals surface area contributed by atoms with Crippen molar-refractivity contribution in [3.8, 4) is 0 Å². The third-order valence-corrected chi connectivity index (χ3v) is 4.29. The Balaban J connectivity index is 1.72. The Hall–Kier alpha value is -0.650. The van der Waals surface area contributed by atoms with Gasteiger partial charge in [0.1, 0.15) is 0 Å². The number of nitrogens with zero attached hydrogens (tertiary/aromatic N) is 2. The van der Waals surface area contributed by atoms with Crippen LogP contribution in [0.25, 0.3) is 0 Å². The topological polar surface area (TPSA) is 44.8 Å². The van der Waals surface area contributed by atoms with Crippen LogP contribution in [0.1, 0.15) is 26.7 Å². The van der Waals surface area contributed by atoms with Crippen LogP contribution >= 0.6 is 0 Å². The van der Waals surface area contributed by atoms with Crippen molar-refractivity contribution in [2.45, 2.75) is 38.8 Å². The average Bonchev–Trinajstić information content (AvgIpc) is 2.47. The van der Waals surface area contributed by atoms with Crippen molar-refractivity contribution in [3.05, 3.63) is 0 Å². The predicted octanol–water partition coefficient (Wildman–Crippen LogP) is 0.308. The second-order valence-electron chi connectivity index (χ2n) is 5.58. The van der Waals surface area contributed by atoms with Crippen LogP contribution in [0.4, 0.5) is 0 Å². The van der Waals surface area contributed by atoms with E-state index in [0.717, 1.165) is 45.9 Å². The molecular weight excluding hydrogens is 242 g/mol. The number of rotatable bonds is 4. The predicted molar refractivity (Wildman–Crippen MR) is 75.1 cm³/mol. The molecule has 0 aromatic heterocycles. The number of hydrogen-bond acceptors (Lipinski definition) is 4. The van der Waals surface area contributed by atoms with Gasteiger partial charge in [-0.15, -0.1) is 0 Å². The first kappa shape index (κ1) is 14.8. The molecule has 5 nitrogen and oxygen atoms in total. The summed E-state index contributed by atoms with van der Waals surface area (Å²) >= 11 is 0. The van der Waals surface area contributed by atoms with Crippen molar-refractivity contribution in [3.63, 3.8) is 0 Å². The van der Waals surface area contributed by atoms with Crippen LogP contribution in [0.15, 0.2) is 0 Å². The second-order valence-corrected chi connectivity index (χ2v) is 5.58. The van der Waals surface area contributed by atoms with Crippen molar-refractivity contribution < 1.29 is 9.53 Å². The molecule has 2 unspecified atom stereocenters. The second kappa shape index (κ2) is 7.22. The minimum absolute atomic E-state index is 0.0637. The lowest BCUT2D eigenvalue weighted by atomic mass is 10.1. The van der Waals surface area contributed by atoms with Gasteiger partial charge in [-0.2, -0.15) is 0 Å². The number of piperazine rings is 1. The first-order valence-corrected chi connectivity index (χ1v) is 7.55. The molecular formula is C14H27N3O2. The lowest BCUT2D eigenvalue weighted by Crippen LogP contribution is -2.52. The Morgan fingerprint density at radius 2 is 2.11 bits per heavy atom. The van der Waals surface area contributed by atoms with Gasteiger partial charge in [0, 0.05) is 45.3 Å². The fourth-order valence-corrected chi connectivity index (χ4v) is 2.74. The van der Waals surface area contributed by atoms with E-state index < -0.39 is 0 Å². The third kappa shape index (κ3) is 4.16. The highest BCUT2D eigenvalue weighted by Crippen LogP contribution is 2.11. The van der Waals surface area contributed by atoms with E-state index in [1.807, 2.05) is 4.90 Å². The smallest absolute Gasteiger partial charge is 0.225 e. The van der Waals surface area contributed by atoms with E-state index in [1.54, 1.807) is 0 Å². The van der Waals surface area contributed by atoms with Gasteiger partial charge in [0.15, 0.2) is 0 Å². The largest absolute Gasteiger partial charge is 0.375 e. The van der Waals surface area contributed by atoms with Crippen LogP contribution in [0.2, 0.25) is 0 Å². The quantitative estimate of drug-likeness (QED) is 0.798. The summed E-state index contributed by atoms with van der Waals surface area (Å²) in [6, 6.07) is 0.628. The Kier molecular flexibility index (Phi) is 5.60. The number of hydrogen-bond donors (Lipinski definition) is 1. The average molecular weight is 269 g/mol. The SMILES string of the molecule is CCC(C)N1CCN(C(=O)CC2CNCCO2)CC1. The van der Waals surface area contributed by atoms with E-state index in [4.69, 9.17) is 4.74 Å². The number of ether oxygens (including phenoxy) is 1. The molecule has 1 amide bonds. The molecule has 2 saturated heterocycles. The molecule has 2 atom stereocenters. The molecule has 110 valence electrons. The summed E-state index contributed by atoms with van der Waals surface area (Å²) in [5.74, 6) is 0.248. The van der Waals surface area contributed by atoms with Gasteiger partial charge in [-0.05, 0) is 13.3 Å². The standard InChI is InChI=1S/C14H27N3O2/c1-3-12(2)16-5-7-17(8-6-16)14(18)10-13-11-15-4-9-19-13/h12-13,15H,3-11H2,1-2H3. The van der Waals surface area contributed by atoms with Gasteiger partial charge in [0.2, 0.25) is 5.91 Å². The minimum atomic E-state index is 0.0637. The maximum atomic E-state index is 12.2. The van der Waals surface area contributed by atoms with Gasteiger partial charge in [-0.1, -0.05) is 6.92 Å². The van der Waals surface area contributed by atoms with Crippen molar-refractivity contribution in [2.24, 2.45) is 0 Å². The molecule has 1 N–H and O–H groups in total. The summed E-state index contributed by atoms with van der Waals surface area (Å²) in [5.41, 5.74) is 0. The monoisotopic (exact) mass is 269 g/mol. The highest BCUT2D eigenvalue weighted by Gasteiger charge is 2.25. The van der Waals surface area contributed by atoms with Gasteiger partial charge in [-0.25, -0.2) is 0 Å². The first-order valence-electron chi connectivity index (χ1n) is 7.55. The zero-order valence-electron chi connectivity index (χ0n) is 12.2. The Morgan fingerprint density at radius 1 is 1.37 bits per heavy atom. The number of carbonyl (C=O) groups excluding carboxylic acids is 1. The van der Waals surface area contributed by atoms with E-state index in [-0.39, 0.29) is 12.0 Å². The van der Waals surface area contributed by atoms with E-state index in [0.29, 0.717) is 12.5 Å². The van der Waals surface area contributed by atoms with Gasteiger partial charge >= 0.3 is 0 Å². The fraction of sp³-hybridized carbons (Fsp3) is 0.929. The number of carbonyl (C=O) groups is 1. The molecule has 2 rings (SSSR count). The van der Waals surface area contributed by atoms with Gasteiger partial charge in [0.25, 0.3) is 0 Å². The molecule has 0 bridgehead atoms. The fourth-order valence-electron chi connectivity index (χ4n) is 2.74. The van der Waals surface area contributed by atoms with Crippen molar-refractivity contribution in [1.29, 1.82) is 0 Å². The van der Waals surface area contributed by atoms with Crippen LogP contribution in [-0.4, -0.2) is 73.7 Å². The molecule has 0 aromatic carbocycles. The molecule has 0 aromatic rings. The first-order chi connectivity index (χ1) is 9.20. The Labute approximate surface area is 116 Å². The van der Waals surface area contributed by atoms with Crippen molar-refractivity contribution in [1.82, 2.24) is 15.1 Å². The third-order valence-electron chi connectivity index (χ3n) is 4.29. The van der Waals surface area contributed by atoms with E-state index in [1.165, 1.54) is 6.42 Å². The molecule has 2 heterocycles. The molecule has 0 radical (unpaired) electrons. The number of nitrogens with one attached hydrogen (secondary N) is 1. The zero-order chi connectivity index (χ0) is 13.7. The van der Waals surface area contributed by atoms with E-state index >= 15 is 0 Å². The summed E-state index contributed by atoms with van der Waals surface area (Å²) in [4.78, 5) is 16.7. The van der Waals surface area contributed by atoms with Gasteiger partial charge in [0.05, 0.1) is 19.1 Å². The molecule has 2 aliphatic rings. The summed E-state index contributed by atoms with van der Waals surface area (Å²) in [6.07, 6.45) is 1.76. The van der Waals surface area contributed by atoms with E-state index in [2.05, 4.69) is 24.1 Å². The van der Waals surface area contributed by atoms with Gasteiger partial charge in [-0.3, -0.25) is 9.69 Å². The summed E-state index contributed by atoms with van der Waals surface area (Å²) < 4.78 is 5.60. The summed E-state index contributed by atoms with van der Waals surface area (Å²) in [5, 5.41) is 3.27. The molecule has 2 aliphatic heterocycles. The Morgan fingerprint density at radius 3 is 2.68 bits per heavy atom. The lowest BCUT2D eigenvalue weighted by Gasteiger charge is -2.38. The molecule has 19 heavy (non-hydrogen) atoms. The molecule has 0 saturated carbocycles. The Bertz CT molecular complexity index is 284. The highest BCUT2D eigenvalue weighted by atomic mass is 16.5. The number of amides is 1. The normalized spacial score (nSPS) is 27.3.